The Morgan fingerprint density at radius 3 is 0.966 bits per heavy atom. The molecule has 2 unspecified atom stereocenters. The van der Waals surface area contributed by atoms with Crippen LogP contribution >= 0.6 is 0 Å². The number of hydrogen-bond donors (Lipinski definition) is 0. The first kappa shape index (κ1) is 33.0. The summed E-state index contributed by atoms with van der Waals surface area (Å²) in [5.74, 6) is -2.69. The van der Waals surface area contributed by atoms with Gasteiger partial charge in [-0.05, 0) is 65.7 Å². The van der Waals surface area contributed by atoms with Gasteiger partial charge in [-0.15, -0.1) is 0 Å². The van der Waals surface area contributed by atoms with E-state index in [1.54, 1.807) is 13.8 Å². The zero-order valence-corrected chi connectivity index (χ0v) is 21.1. The molecule has 0 aromatic carbocycles. The molecular weight excluding hydrogens is 411 g/mol. The maximum absolute atomic E-state index is 10.7. The van der Waals surface area contributed by atoms with Crippen molar-refractivity contribution in [2.75, 3.05) is 26.2 Å². The Kier molecular flexibility index (Phi) is 22.0. The van der Waals surface area contributed by atoms with Gasteiger partial charge in [0.25, 0.3) is 0 Å². The van der Waals surface area contributed by atoms with Gasteiger partial charge in [0.05, 0.1) is 0 Å². The molecule has 0 aromatic rings. The van der Waals surface area contributed by atoms with Crippen LogP contribution in [0.5, 0.6) is 0 Å². The number of hydrogen-bond acceptors (Lipinski definition) is 6. The fourth-order valence-electron chi connectivity index (χ4n) is 3.21. The van der Waals surface area contributed by atoms with E-state index < -0.39 is 23.8 Å². The Balaban J connectivity index is -0.000000451. The van der Waals surface area contributed by atoms with Crippen LogP contribution in [0.2, 0.25) is 0 Å². The second-order valence-corrected chi connectivity index (χ2v) is 7.77. The van der Waals surface area contributed by atoms with E-state index >= 15 is 0 Å². The molecule has 0 spiro atoms. The van der Waals surface area contributed by atoms with Crippen molar-refractivity contribution in [2.24, 2.45) is 11.8 Å². The number of aliphatic carboxylic acids is 2. The van der Waals surface area contributed by atoms with Crippen molar-refractivity contribution in [1.82, 2.24) is 9.80 Å². The fraction of sp³-hybridized carbons (Fsp3) is 0.909. The molecular formula is C22H44MnN2O4. The number of carbonyl (C=O) groups excluding carboxylic acids is 2. The summed E-state index contributed by atoms with van der Waals surface area (Å²) in [6.07, 6.45) is 4.24. The van der Waals surface area contributed by atoms with Crippen molar-refractivity contribution in [3.8, 4) is 0 Å². The topological polar surface area (TPSA) is 86.7 Å². The Morgan fingerprint density at radius 1 is 0.621 bits per heavy atom. The molecule has 1 radical (unpaired) electrons. The monoisotopic (exact) mass is 455 g/mol. The summed E-state index contributed by atoms with van der Waals surface area (Å²) in [6, 6.07) is 0.139. The molecule has 7 heteroatoms. The van der Waals surface area contributed by atoms with Crippen molar-refractivity contribution in [3.63, 3.8) is 0 Å². The van der Waals surface area contributed by atoms with E-state index in [1.165, 1.54) is 0 Å². The first-order valence-corrected chi connectivity index (χ1v) is 11.0. The van der Waals surface area contributed by atoms with Crippen LogP contribution in [0.25, 0.3) is 0 Å². The minimum Gasteiger partial charge on any atom is -0.550 e. The molecule has 0 aliphatic carbocycles. The van der Waals surface area contributed by atoms with Gasteiger partial charge < -0.3 is 29.6 Å². The van der Waals surface area contributed by atoms with E-state index in [2.05, 4.69) is 37.5 Å². The molecule has 173 valence electrons. The molecule has 0 bridgehead atoms. The minimum atomic E-state index is -0.949. The first-order chi connectivity index (χ1) is 13.1. The molecule has 0 saturated heterocycles. The largest absolute Gasteiger partial charge is 2.00 e. The molecule has 0 rings (SSSR count). The van der Waals surface area contributed by atoms with Crippen LogP contribution in [-0.2, 0) is 26.7 Å². The summed E-state index contributed by atoms with van der Waals surface area (Å²) in [5, 5.41) is 21.4. The van der Waals surface area contributed by atoms with Crippen LogP contribution < -0.4 is 10.2 Å². The average Bonchev–Trinajstić information content (AvgIpc) is 2.65. The van der Waals surface area contributed by atoms with E-state index in [1.807, 2.05) is 13.8 Å². The summed E-state index contributed by atoms with van der Waals surface area (Å²) in [4.78, 5) is 25.9. The van der Waals surface area contributed by atoms with Gasteiger partial charge in [-0.2, -0.15) is 0 Å². The summed E-state index contributed by atoms with van der Waals surface area (Å²) < 4.78 is 0. The van der Waals surface area contributed by atoms with Gasteiger partial charge in [0, 0.05) is 35.9 Å². The van der Waals surface area contributed by atoms with E-state index in [-0.39, 0.29) is 29.2 Å². The van der Waals surface area contributed by atoms with Crippen LogP contribution in [-0.4, -0.2) is 60.0 Å². The second-order valence-electron chi connectivity index (χ2n) is 7.77. The molecule has 0 saturated carbocycles. The molecule has 29 heavy (non-hydrogen) atoms. The fourth-order valence-corrected chi connectivity index (χ4v) is 3.21. The SMILES string of the molecule is CCCN(CCC)[C@H](C)C(C)C(=O)[O-].CCCN(CCC)[C@H](C)C(C)C(=O)[O-].[Mn+2]. The van der Waals surface area contributed by atoms with Crippen molar-refractivity contribution in [2.45, 2.75) is 93.2 Å². The van der Waals surface area contributed by atoms with Gasteiger partial charge >= 0.3 is 17.1 Å². The summed E-state index contributed by atoms with van der Waals surface area (Å²) in [6.45, 7) is 19.7. The van der Waals surface area contributed by atoms with E-state index in [9.17, 15) is 19.8 Å². The Bertz CT molecular complexity index is 374. The van der Waals surface area contributed by atoms with Gasteiger partial charge in [0.1, 0.15) is 0 Å². The molecule has 0 aliphatic heterocycles. The van der Waals surface area contributed by atoms with Gasteiger partial charge in [-0.1, -0.05) is 41.5 Å². The third-order valence-electron chi connectivity index (χ3n) is 5.39. The molecule has 0 aliphatic rings. The van der Waals surface area contributed by atoms with Crippen LogP contribution in [0.4, 0.5) is 0 Å². The molecule has 4 atom stereocenters. The predicted molar refractivity (Wildman–Crippen MR) is 112 cm³/mol. The molecule has 0 aromatic heterocycles. The normalized spacial score (nSPS) is 15.0. The Labute approximate surface area is 189 Å². The van der Waals surface area contributed by atoms with Crippen LogP contribution in [0.1, 0.15) is 81.1 Å². The van der Waals surface area contributed by atoms with Gasteiger partial charge in [0.15, 0.2) is 0 Å². The number of nitrogens with zero attached hydrogens (tertiary/aromatic N) is 2. The molecule has 6 nitrogen and oxygen atoms in total. The van der Waals surface area contributed by atoms with Crippen molar-refractivity contribution < 1.29 is 36.9 Å². The van der Waals surface area contributed by atoms with Crippen LogP contribution in [0.3, 0.4) is 0 Å². The maximum Gasteiger partial charge on any atom is 2.00 e. The van der Waals surface area contributed by atoms with E-state index in [0.29, 0.717) is 0 Å². The summed E-state index contributed by atoms with van der Waals surface area (Å²) in [5.41, 5.74) is 0. The number of carboxylic acids is 2. The number of carbonyl (C=O) groups is 2. The third-order valence-corrected chi connectivity index (χ3v) is 5.39. The van der Waals surface area contributed by atoms with Crippen molar-refractivity contribution in [3.05, 3.63) is 0 Å². The first-order valence-electron chi connectivity index (χ1n) is 11.0. The average molecular weight is 456 g/mol. The zero-order valence-electron chi connectivity index (χ0n) is 19.9. The maximum atomic E-state index is 10.7. The Hall–Kier alpha value is -0.621. The summed E-state index contributed by atoms with van der Waals surface area (Å²) in [7, 11) is 0. The van der Waals surface area contributed by atoms with Crippen molar-refractivity contribution in [1.29, 1.82) is 0 Å². The quantitative estimate of drug-likeness (QED) is 0.371. The molecule has 0 heterocycles. The van der Waals surface area contributed by atoms with Crippen molar-refractivity contribution >= 4 is 11.9 Å². The minimum absolute atomic E-state index is 0. The van der Waals surface area contributed by atoms with Crippen LogP contribution in [0.15, 0.2) is 0 Å². The molecule has 0 amide bonds. The van der Waals surface area contributed by atoms with E-state index in [4.69, 9.17) is 0 Å². The number of rotatable bonds is 14. The smallest absolute Gasteiger partial charge is 0.550 e. The second kappa shape index (κ2) is 19.3. The summed E-state index contributed by atoms with van der Waals surface area (Å²) >= 11 is 0. The zero-order chi connectivity index (χ0) is 22.3. The number of carboxylic acid groups (broad SMARTS) is 2. The van der Waals surface area contributed by atoms with Gasteiger partial charge in [0.2, 0.25) is 0 Å². The van der Waals surface area contributed by atoms with Crippen LogP contribution in [0, 0.1) is 11.8 Å². The molecule has 0 fully saturated rings. The van der Waals surface area contributed by atoms with Gasteiger partial charge in [-0.3, -0.25) is 0 Å². The van der Waals surface area contributed by atoms with E-state index in [0.717, 1.165) is 51.9 Å². The van der Waals surface area contributed by atoms with Gasteiger partial charge in [-0.25, -0.2) is 0 Å². The standard InChI is InChI=1S/2C11H23NO2.Mn/c2*1-5-7-12(8-6-2)10(4)9(3)11(13)14;/h2*9-10H,5-8H2,1-4H3,(H,13,14);/q;;+2/p-2/t2*9?,10-;/m11./s1. The molecule has 0 N–H and O–H groups in total. The Morgan fingerprint density at radius 2 is 0.828 bits per heavy atom. The third kappa shape index (κ3) is 14.1. The predicted octanol–water partition coefficient (Wildman–Crippen LogP) is 1.76.